The highest BCUT2D eigenvalue weighted by molar-refractivity contribution is 5.67. The Bertz CT molecular complexity index is 344. The predicted octanol–water partition coefficient (Wildman–Crippen LogP) is 0.978. The van der Waals surface area contributed by atoms with Crippen LogP contribution in [0.1, 0.15) is 0 Å². The lowest BCUT2D eigenvalue weighted by Crippen LogP contribution is -2.22. The first kappa shape index (κ1) is 7.85. The standard InChI is InChI=1S/C8H7FN4/c9-7-5-11-8(12-6-7)13-3-1-10-2-4-13/h1-3,5-6H,4H2. The summed E-state index contributed by atoms with van der Waals surface area (Å²) in [7, 11) is 0. The summed E-state index contributed by atoms with van der Waals surface area (Å²) in [6, 6.07) is 0. The van der Waals surface area contributed by atoms with Crippen molar-refractivity contribution in [2.24, 2.45) is 4.99 Å². The van der Waals surface area contributed by atoms with E-state index >= 15 is 0 Å². The van der Waals surface area contributed by atoms with E-state index in [0.717, 1.165) is 12.4 Å². The van der Waals surface area contributed by atoms with Gasteiger partial charge in [-0.15, -0.1) is 0 Å². The summed E-state index contributed by atoms with van der Waals surface area (Å²) in [5.41, 5.74) is 0. The first-order valence-corrected chi connectivity index (χ1v) is 3.79. The topological polar surface area (TPSA) is 41.4 Å². The molecular weight excluding hydrogens is 171 g/mol. The molecule has 0 unspecified atom stereocenters. The highest BCUT2D eigenvalue weighted by atomic mass is 19.1. The molecule has 0 spiro atoms. The summed E-state index contributed by atoms with van der Waals surface area (Å²) in [4.78, 5) is 13.3. The Morgan fingerprint density at radius 3 is 2.69 bits per heavy atom. The third-order valence-corrected chi connectivity index (χ3v) is 1.58. The summed E-state index contributed by atoms with van der Waals surface area (Å²) in [6.45, 7) is 0.613. The van der Waals surface area contributed by atoms with Gasteiger partial charge in [0.1, 0.15) is 0 Å². The molecule has 1 aliphatic rings. The largest absolute Gasteiger partial charge is 0.310 e. The van der Waals surface area contributed by atoms with E-state index in [4.69, 9.17) is 0 Å². The normalized spacial score (nSPS) is 15.0. The van der Waals surface area contributed by atoms with Gasteiger partial charge in [0.15, 0.2) is 5.82 Å². The predicted molar refractivity (Wildman–Crippen MR) is 47.0 cm³/mol. The molecule has 5 heteroatoms. The molecule has 0 aromatic carbocycles. The monoisotopic (exact) mass is 178 g/mol. The van der Waals surface area contributed by atoms with E-state index in [-0.39, 0.29) is 0 Å². The molecule has 0 saturated carbocycles. The van der Waals surface area contributed by atoms with Crippen LogP contribution >= 0.6 is 0 Å². The Labute approximate surface area is 74.5 Å². The minimum atomic E-state index is -0.432. The minimum Gasteiger partial charge on any atom is -0.310 e. The highest BCUT2D eigenvalue weighted by Gasteiger charge is 2.06. The van der Waals surface area contributed by atoms with Crippen molar-refractivity contribution < 1.29 is 4.39 Å². The van der Waals surface area contributed by atoms with E-state index in [9.17, 15) is 4.39 Å². The maximum atomic E-state index is 12.5. The van der Waals surface area contributed by atoms with Crippen molar-refractivity contribution in [2.45, 2.75) is 0 Å². The molecule has 0 saturated heterocycles. The smallest absolute Gasteiger partial charge is 0.229 e. The van der Waals surface area contributed by atoms with Gasteiger partial charge in [-0.1, -0.05) is 0 Å². The lowest BCUT2D eigenvalue weighted by Gasteiger charge is -2.16. The van der Waals surface area contributed by atoms with Crippen molar-refractivity contribution in [1.82, 2.24) is 9.97 Å². The van der Waals surface area contributed by atoms with Gasteiger partial charge in [-0.05, 0) is 0 Å². The van der Waals surface area contributed by atoms with Crippen LogP contribution in [-0.2, 0) is 0 Å². The van der Waals surface area contributed by atoms with Crippen LogP contribution < -0.4 is 4.90 Å². The molecule has 0 N–H and O–H groups in total. The van der Waals surface area contributed by atoms with Crippen molar-refractivity contribution >= 4 is 12.2 Å². The van der Waals surface area contributed by atoms with E-state index in [2.05, 4.69) is 15.0 Å². The molecule has 0 amide bonds. The molecule has 0 radical (unpaired) electrons. The average Bonchev–Trinajstić information content (AvgIpc) is 2.20. The quantitative estimate of drug-likeness (QED) is 0.643. The van der Waals surface area contributed by atoms with Crippen molar-refractivity contribution in [3.63, 3.8) is 0 Å². The van der Waals surface area contributed by atoms with Crippen LogP contribution in [0.3, 0.4) is 0 Å². The van der Waals surface area contributed by atoms with Crippen LogP contribution in [0, 0.1) is 5.82 Å². The Morgan fingerprint density at radius 2 is 2.08 bits per heavy atom. The van der Waals surface area contributed by atoms with Gasteiger partial charge in [0.25, 0.3) is 0 Å². The van der Waals surface area contributed by atoms with Crippen molar-refractivity contribution in [1.29, 1.82) is 0 Å². The van der Waals surface area contributed by atoms with Crippen molar-refractivity contribution in [3.05, 3.63) is 30.6 Å². The fourth-order valence-electron chi connectivity index (χ4n) is 0.978. The summed E-state index contributed by atoms with van der Waals surface area (Å²) < 4.78 is 12.5. The van der Waals surface area contributed by atoms with E-state index in [1.54, 1.807) is 23.5 Å². The number of nitrogens with zero attached hydrogens (tertiary/aromatic N) is 4. The number of hydrogen-bond donors (Lipinski definition) is 0. The molecule has 66 valence electrons. The van der Waals surface area contributed by atoms with Gasteiger partial charge < -0.3 is 4.90 Å². The summed E-state index contributed by atoms with van der Waals surface area (Å²) >= 11 is 0. The second-order valence-electron chi connectivity index (χ2n) is 2.48. The van der Waals surface area contributed by atoms with Crippen LogP contribution in [0.25, 0.3) is 0 Å². The van der Waals surface area contributed by atoms with E-state index in [1.165, 1.54) is 0 Å². The molecule has 2 rings (SSSR count). The lowest BCUT2D eigenvalue weighted by molar-refractivity contribution is 0.613. The fraction of sp³-hybridized carbons (Fsp3) is 0.125. The molecule has 1 aromatic heterocycles. The van der Waals surface area contributed by atoms with Crippen LogP contribution in [0.2, 0.25) is 0 Å². The second kappa shape index (κ2) is 3.30. The summed E-state index contributed by atoms with van der Waals surface area (Å²) in [6.07, 6.45) is 7.39. The summed E-state index contributed by atoms with van der Waals surface area (Å²) in [5, 5.41) is 0. The maximum Gasteiger partial charge on any atom is 0.229 e. The zero-order valence-corrected chi connectivity index (χ0v) is 6.76. The number of rotatable bonds is 1. The van der Waals surface area contributed by atoms with Gasteiger partial charge in [0.05, 0.1) is 18.9 Å². The number of halogens is 1. The molecular formula is C8H7FN4. The zero-order chi connectivity index (χ0) is 9.10. The van der Waals surface area contributed by atoms with Crippen LogP contribution in [0.5, 0.6) is 0 Å². The molecule has 4 nitrogen and oxygen atoms in total. The number of anilines is 1. The number of hydrogen-bond acceptors (Lipinski definition) is 4. The van der Waals surface area contributed by atoms with Gasteiger partial charge in [-0.25, -0.2) is 14.4 Å². The average molecular weight is 178 g/mol. The molecule has 1 aliphatic heterocycles. The molecule has 2 heterocycles. The minimum absolute atomic E-state index is 0.432. The molecule has 0 bridgehead atoms. The Balaban J connectivity index is 2.21. The molecule has 0 atom stereocenters. The fourth-order valence-corrected chi connectivity index (χ4v) is 0.978. The van der Waals surface area contributed by atoms with Gasteiger partial charge in [0, 0.05) is 18.6 Å². The van der Waals surface area contributed by atoms with Gasteiger partial charge in [0.2, 0.25) is 5.95 Å². The SMILES string of the molecule is Fc1cnc(N2C=CN=CC2)nc1. The van der Waals surface area contributed by atoms with Crippen LogP contribution in [-0.4, -0.2) is 22.7 Å². The third-order valence-electron chi connectivity index (χ3n) is 1.58. The second-order valence-corrected chi connectivity index (χ2v) is 2.48. The van der Waals surface area contributed by atoms with E-state index in [0.29, 0.717) is 12.5 Å². The molecule has 1 aromatic rings. The van der Waals surface area contributed by atoms with Gasteiger partial charge in [-0.2, -0.15) is 0 Å². The Kier molecular flexibility index (Phi) is 1.99. The maximum absolute atomic E-state index is 12.5. The molecule has 0 fully saturated rings. The molecule has 0 aliphatic carbocycles. The van der Waals surface area contributed by atoms with Crippen molar-refractivity contribution in [3.8, 4) is 0 Å². The first-order valence-electron chi connectivity index (χ1n) is 3.79. The third kappa shape index (κ3) is 1.69. The van der Waals surface area contributed by atoms with E-state index < -0.39 is 5.82 Å². The number of aromatic nitrogens is 2. The summed E-state index contributed by atoms with van der Waals surface area (Å²) in [5.74, 6) is 0.0437. The Hall–Kier alpha value is -1.78. The van der Waals surface area contributed by atoms with Gasteiger partial charge >= 0.3 is 0 Å². The van der Waals surface area contributed by atoms with E-state index in [1.807, 2.05) is 0 Å². The van der Waals surface area contributed by atoms with Crippen LogP contribution in [0.15, 0.2) is 29.8 Å². The number of aliphatic imine (C=N–C) groups is 1. The van der Waals surface area contributed by atoms with Crippen LogP contribution in [0.4, 0.5) is 10.3 Å². The highest BCUT2D eigenvalue weighted by Crippen LogP contribution is 2.07. The lowest BCUT2D eigenvalue weighted by atomic mass is 10.5. The first-order chi connectivity index (χ1) is 6.36. The zero-order valence-electron chi connectivity index (χ0n) is 6.76. The molecule has 13 heavy (non-hydrogen) atoms. The van der Waals surface area contributed by atoms with Gasteiger partial charge in [-0.3, -0.25) is 4.99 Å². The van der Waals surface area contributed by atoms with Crippen molar-refractivity contribution in [2.75, 3.05) is 11.4 Å². The Morgan fingerprint density at radius 1 is 1.31 bits per heavy atom.